The average Bonchev–Trinajstić information content (AvgIpc) is 3.41. The smallest absolute Gasteiger partial charge is 0.0448 e. The van der Waals surface area contributed by atoms with E-state index >= 15 is 0 Å². The highest BCUT2D eigenvalue weighted by molar-refractivity contribution is 7.10. The molecule has 0 saturated heterocycles. The van der Waals surface area contributed by atoms with Crippen LogP contribution in [0.2, 0.25) is 0 Å². The van der Waals surface area contributed by atoms with Gasteiger partial charge in [0.2, 0.25) is 0 Å². The first kappa shape index (κ1) is 12.6. The highest BCUT2D eigenvalue weighted by Gasteiger charge is 2.38. The van der Waals surface area contributed by atoms with E-state index in [0.29, 0.717) is 12.1 Å². The summed E-state index contributed by atoms with van der Waals surface area (Å²) in [5.41, 5.74) is 1.47. The number of hydrogen-bond donors (Lipinski definition) is 1. The third-order valence-electron chi connectivity index (χ3n) is 4.55. The Morgan fingerprint density at radius 2 is 1.55 bits per heavy atom. The molecule has 2 aliphatic carbocycles. The van der Waals surface area contributed by atoms with E-state index in [1.54, 1.807) is 0 Å². The summed E-state index contributed by atoms with van der Waals surface area (Å²) in [4.78, 5) is 1.52. The molecule has 1 aromatic carbocycles. The Labute approximate surface area is 125 Å². The van der Waals surface area contributed by atoms with Crippen LogP contribution in [-0.4, -0.2) is 0 Å². The van der Waals surface area contributed by atoms with Crippen LogP contribution in [0.1, 0.15) is 48.2 Å². The zero-order valence-corrected chi connectivity index (χ0v) is 12.5. The van der Waals surface area contributed by atoms with Crippen LogP contribution in [-0.2, 0) is 0 Å². The SMILES string of the molecule is c1ccc(C(NC(c2cccs2)C2CC2)C2CC2)cc1. The van der Waals surface area contributed by atoms with Crippen molar-refractivity contribution in [1.29, 1.82) is 0 Å². The molecule has 2 aliphatic rings. The maximum absolute atomic E-state index is 4.01. The number of rotatable bonds is 6. The van der Waals surface area contributed by atoms with Gasteiger partial charge in [-0.2, -0.15) is 0 Å². The number of thiophene rings is 1. The highest BCUT2D eigenvalue weighted by atomic mass is 32.1. The summed E-state index contributed by atoms with van der Waals surface area (Å²) in [5.74, 6) is 1.71. The Kier molecular flexibility index (Phi) is 3.37. The molecule has 1 nitrogen and oxygen atoms in total. The molecule has 0 radical (unpaired) electrons. The number of hydrogen-bond acceptors (Lipinski definition) is 2. The van der Waals surface area contributed by atoms with Crippen molar-refractivity contribution >= 4 is 11.3 Å². The normalized spacial score (nSPS) is 21.6. The van der Waals surface area contributed by atoms with Gasteiger partial charge in [0, 0.05) is 17.0 Å². The van der Waals surface area contributed by atoms with Gasteiger partial charge >= 0.3 is 0 Å². The molecule has 4 rings (SSSR count). The fourth-order valence-electron chi connectivity index (χ4n) is 3.14. The first-order valence-corrected chi connectivity index (χ1v) is 8.64. The maximum atomic E-state index is 4.01. The molecule has 2 aromatic rings. The minimum absolute atomic E-state index is 0.545. The quantitative estimate of drug-likeness (QED) is 0.791. The minimum atomic E-state index is 0.545. The zero-order chi connectivity index (χ0) is 13.4. The van der Waals surface area contributed by atoms with Gasteiger partial charge in [-0.1, -0.05) is 36.4 Å². The van der Waals surface area contributed by atoms with Crippen molar-refractivity contribution in [2.24, 2.45) is 11.8 Å². The van der Waals surface area contributed by atoms with Gasteiger partial charge < -0.3 is 5.32 Å². The van der Waals surface area contributed by atoms with E-state index in [1.165, 1.54) is 36.1 Å². The Morgan fingerprint density at radius 3 is 2.15 bits per heavy atom. The Hall–Kier alpha value is -1.12. The molecule has 2 saturated carbocycles. The van der Waals surface area contributed by atoms with Gasteiger partial charge in [-0.3, -0.25) is 0 Å². The standard InChI is InChI=1S/C18H21NS/c1-2-5-13(6-3-1)17(14-8-9-14)19-18(15-10-11-15)16-7-4-12-20-16/h1-7,12,14-15,17-19H,8-11H2. The Balaban J connectivity index is 1.57. The van der Waals surface area contributed by atoms with Crippen LogP contribution in [0.3, 0.4) is 0 Å². The maximum Gasteiger partial charge on any atom is 0.0448 e. The van der Waals surface area contributed by atoms with Gasteiger partial charge in [0.15, 0.2) is 0 Å². The molecule has 0 spiro atoms. The van der Waals surface area contributed by atoms with Crippen LogP contribution in [0.5, 0.6) is 0 Å². The molecule has 2 unspecified atom stereocenters. The minimum Gasteiger partial charge on any atom is -0.302 e. The lowest BCUT2D eigenvalue weighted by Gasteiger charge is -2.26. The molecule has 1 N–H and O–H groups in total. The fourth-order valence-corrected chi connectivity index (χ4v) is 4.01. The third kappa shape index (κ3) is 2.68. The second kappa shape index (κ2) is 5.34. The molecule has 2 fully saturated rings. The lowest BCUT2D eigenvalue weighted by molar-refractivity contribution is 0.385. The third-order valence-corrected chi connectivity index (χ3v) is 5.51. The molecule has 2 atom stereocenters. The second-order valence-corrected chi connectivity index (χ2v) is 7.20. The molecule has 1 heterocycles. The van der Waals surface area contributed by atoms with Crippen LogP contribution < -0.4 is 5.32 Å². The molecule has 1 aromatic heterocycles. The van der Waals surface area contributed by atoms with E-state index < -0.39 is 0 Å². The second-order valence-electron chi connectivity index (χ2n) is 6.22. The van der Waals surface area contributed by atoms with Crippen molar-refractivity contribution < 1.29 is 0 Å². The van der Waals surface area contributed by atoms with Crippen LogP contribution in [0, 0.1) is 11.8 Å². The molecule has 0 amide bonds. The molecule has 104 valence electrons. The lowest BCUT2D eigenvalue weighted by atomic mass is 9.99. The predicted molar refractivity (Wildman–Crippen MR) is 84.8 cm³/mol. The van der Waals surface area contributed by atoms with Crippen molar-refractivity contribution in [2.75, 3.05) is 0 Å². The molecular weight excluding hydrogens is 262 g/mol. The van der Waals surface area contributed by atoms with Crippen molar-refractivity contribution in [3.8, 4) is 0 Å². The van der Waals surface area contributed by atoms with E-state index in [0.717, 1.165) is 11.8 Å². The predicted octanol–water partition coefficient (Wildman–Crippen LogP) is 4.94. The zero-order valence-electron chi connectivity index (χ0n) is 11.7. The summed E-state index contributed by atoms with van der Waals surface area (Å²) in [6, 6.07) is 16.6. The summed E-state index contributed by atoms with van der Waals surface area (Å²) in [6.07, 6.45) is 5.55. The fraction of sp³-hybridized carbons (Fsp3) is 0.444. The van der Waals surface area contributed by atoms with Crippen molar-refractivity contribution in [3.63, 3.8) is 0 Å². The van der Waals surface area contributed by atoms with E-state index in [-0.39, 0.29) is 0 Å². The van der Waals surface area contributed by atoms with Gasteiger partial charge in [0.25, 0.3) is 0 Å². The van der Waals surface area contributed by atoms with Crippen molar-refractivity contribution in [1.82, 2.24) is 5.32 Å². The van der Waals surface area contributed by atoms with E-state index in [4.69, 9.17) is 0 Å². The van der Waals surface area contributed by atoms with E-state index in [2.05, 4.69) is 53.2 Å². The highest BCUT2D eigenvalue weighted by Crippen LogP contribution is 2.47. The monoisotopic (exact) mass is 283 g/mol. The van der Waals surface area contributed by atoms with Gasteiger partial charge in [-0.05, 0) is 54.5 Å². The molecular formula is C18H21NS. The molecule has 0 bridgehead atoms. The van der Waals surface area contributed by atoms with E-state index in [1.807, 2.05) is 11.3 Å². The summed E-state index contributed by atoms with van der Waals surface area (Å²) in [6.45, 7) is 0. The van der Waals surface area contributed by atoms with Crippen LogP contribution >= 0.6 is 11.3 Å². The average molecular weight is 283 g/mol. The summed E-state index contributed by atoms with van der Waals surface area (Å²) < 4.78 is 0. The van der Waals surface area contributed by atoms with Gasteiger partial charge in [0.05, 0.1) is 0 Å². The van der Waals surface area contributed by atoms with E-state index in [9.17, 15) is 0 Å². The largest absolute Gasteiger partial charge is 0.302 e. The van der Waals surface area contributed by atoms with Gasteiger partial charge in [0.1, 0.15) is 0 Å². The Morgan fingerprint density at radius 1 is 0.850 bits per heavy atom. The molecule has 20 heavy (non-hydrogen) atoms. The van der Waals surface area contributed by atoms with Crippen LogP contribution in [0.4, 0.5) is 0 Å². The van der Waals surface area contributed by atoms with Crippen molar-refractivity contribution in [2.45, 2.75) is 37.8 Å². The van der Waals surface area contributed by atoms with Crippen LogP contribution in [0.25, 0.3) is 0 Å². The first-order valence-electron chi connectivity index (χ1n) is 7.76. The number of benzene rings is 1. The summed E-state index contributed by atoms with van der Waals surface area (Å²) in [5, 5.41) is 6.22. The van der Waals surface area contributed by atoms with Gasteiger partial charge in [-0.25, -0.2) is 0 Å². The molecule has 2 heteroatoms. The summed E-state index contributed by atoms with van der Waals surface area (Å²) in [7, 11) is 0. The first-order chi connectivity index (χ1) is 9.92. The van der Waals surface area contributed by atoms with Gasteiger partial charge in [-0.15, -0.1) is 11.3 Å². The lowest BCUT2D eigenvalue weighted by Crippen LogP contribution is -2.28. The van der Waals surface area contributed by atoms with Crippen molar-refractivity contribution in [3.05, 3.63) is 58.3 Å². The van der Waals surface area contributed by atoms with Crippen LogP contribution in [0.15, 0.2) is 47.8 Å². The topological polar surface area (TPSA) is 12.0 Å². The Bertz CT molecular complexity index is 540. The molecule has 0 aliphatic heterocycles. The number of nitrogens with one attached hydrogen (secondary N) is 1. The summed E-state index contributed by atoms with van der Waals surface area (Å²) >= 11 is 1.91.